The molecule has 0 aliphatic carbocycles. The van der Waals surface area contributed by atoms with Gasteiger partial charge < -0.3 is 28.5 Å². The van der Waals surface area contributed by atoms with Crippen LogP contribution in [0.25, 0.3) is 0 Å². The number of nitro groups is 1. The molecule has 41 heavy (non-hydrogen) atoms. The van der Waals surface area contributed by atoms with E-state index in [1.165, 1.54) is 19.2 Å². The Morgan fingerprint density at radius 2 is 1.27 bits per heavy atom. The van der Waals surface area contributed by atoms with Crippen molar-refractivity contribution in [2.24, 2.45) is 0 Å². The zero-order valence-corrected chi connectivity index (χ0v) is 24.1. The number of Topliss-reactive ketones (excluding diaryl/α,β-unsaturated/α-hetero) is 2. The van der Waals surface area contributed by atoms with Crippen molar-refractivity contribution in [3.05, 3.63) is 51.6 Å². The van der Waals surface area contributed by atoms with Crippen LogP contribution in [0.15, 0.2) is 30.3 Å². The van der Waals surface area contributed by atoms with E-state index in [-0.39, 0.29) is 34.3 Å². The highest BCUT2D eigenvalue weighted by Crippen LogP contribution is 2.34. The van der Waals surface area contributed by atoms with Gasteiger partial charge in [-0.05, 0) is 70.6 Å². The van der Waals surface area contributed by atoms with Crippen LogP contribution >= 0.6 is 0 Å². The van der Waals surface area contributed by atoms with Gasteiger partial charge in [0.15, 0.2) is 29.3 Å². The molecule has 2 rings (SSSR count). The monoisotopic (exact) mass is 573 g/mol. The molecule has 0 aromatic heterocycles. The quantitative estimate of drug-likeness (QED) is 0.0850. The second kappa shape index (κ2) is 19.7. The molecule has 0 amide bonds. The van der Waals surface area contributed by atoms with Crippen molar-refractivity contribution in [1.29, 1.82) is 0 Å². The maximum absolute atomic E-state index is 10.9. The minimum Gasteiger partial charge on any atom is -0.493 e. The number of nitrogens with zero attached hydrogens (tertiary/aromatic N) is 1. The summed E-state index contributed by atoms with van der Waals surface area (Å²) in [6.07, 6.45) is 7.47. The molecule has 0 unspecified atom stereocenters. The first kappa shape index (κ1) is 34.7. The molecular weight excluding hydrogens is 534 g/mol. The number of aldehydes is 2. The number of unbranched alkanes of at least 4 members (excludes halogenated alkanes) is 4. The van der Waals surface area contributed by atoms with Crippen LogP contribution in [0.1, 0.15) is 85.9 Å². The average molecular weight is 574 g/mol. The summed E-state index contributed by atoms with van der Waals surface area (Å²) in [5, 5.41) is 10.9. The van der Waals surface area contributed by atoms with E-state index < -0.39 is 4.92 Å². The lowest BCUT2D eigenvalue weighted by Crippen LogP contribution is -2.03. The zero-order valence-electron chi connectivity index (χ0n) is 24.1. The lowest BCUT2D eigenvalue weighted by atomic mass is 10.1. The van der Waals surface area contributed by atoms with E-state index in [4.69, 9.17) is 18.9 Å². The number of benzene rings is 2. The number of hydrogen-bond acceptors (Lipinski definition) is 10. The molecule has 0 radical (unpaired) electrons. The predicted molar refractivity (Wildman–Crippen MR) is 153 cm³/mol. The first-order valence-electron chi connectivity index (χ1n) is 13.4. The number of methoxy groups -OCH3 is 2. The fourth-order valence-electron chi connectivity index (χ4n) is 3.64. The van der Waals surface area contributed by atoms with Crippen molar-refractivity contribution in [3.63, 3.8) is 0 Å². The van der Waals surface area contributed by atoms with Crippen molar-refractivity contribution >= 4 is 29.8 Å². The molecule has 0 bridgehead atoms. The minimum absolute atomic E-state index is 0.0596. The number of ether oxygens (including phenoxy) is 4. The maximum Gasteiger partial charge on any atom is 0.283 e. The molecule has 224 valence electrons. The molecule has 0 fully saturated rings. The van der Waals surface area contributed by atoms with Gasteiger partial charge in [-0.1, -0.05) is 0 Å². The third-order valence-electron chi connectivity index (χ3n) is 5.82. The Labute approximate surface area is 240 Å². The standard InChI is InChI=1S/C15H19NO6.C15H20O4/c1-11(18)6-4-3-5-7-22-15-9-13(16(19)20)12(10-17)8-14(15)21-2;1-12(17)6-4-3-5-9-19-14-8-7-13(11-16)10-15(14)18-2/h8-10H,3-7H2,1-2H3;7-8,10-11H,3-6,9H2,1-2H3. The summed E-state index contributed by atoms with van der Waals surface area (Å²) < 4.78 is 21.4. The summed E-state index contributed by atoms with van der Waals surface area (Å²) in [6.45, 7) is 4.09. The largest absolute Gasteiger partial charge is 0.493 e. The third-order valence-corrected chi connectivity index (χ3v) is 5.82. The summed E-state index contributed by atoms with van der Waals surface area (Å²) in [7, 11) is 2.94. The lowest BCUT2D eigenvalue weighted by molar-refractivity contribution is -0.385. The van der Waals surface area contributed by atoms with Gasteiger partial charge in [0, 0.05) is 24.5 Å². The number of hydrogen-bond donors (Lipinski definition) is 0. The Hall–Kier alpha value is -4.28. The molecule has 0 aliphatic rings. The van der Waals surface area contributed by atoms with Crippen molar-refractivity contribution in [3.8, 4) is 23.0 Å². The molecule has 0 aliphatic heterocycles. The summed E-state index contributed by atoms with van der Waals surface area (Å²) >= 11 is 0. The Kier molecular flexibility index (Phi) is 16.7. The molecule has 0 saturated heterocycles. The highest BCUT2D eigenvalue weighted by molar-refractivity contribution is 5.83. The molecular formula is C30H39NO10. The van der Waals surface area contributed by atoms with Crippen molar-refractivity contribution in [1.82, 2.24) is 0 Å². The first-order chi connectivity index (χ1) is 19.7. The van der Waals surface area contributed by atoms with Gasteiger partial charge in [-0.15, -0.1) is 0 Å². The highest BCUT2D eigenvalue weighted by atomic mass is 16.6. The number of ketones is 2. The van der Waals surface area contributed by atoms with E-state index in [2.05, 4.69) is 0 Å². The number of carbonyl (C=O) groups is 4. The van der Waals surface area contributed by atoms with Crippen molar-refractivity contribution < 1.29 is 43.0 Å². The van der Waals surface area contributed by atoms with Crippen LogP contribution in [0.3, 0.4) is 0 Å². The molecule has 11 heteroatoms. The van der Waals surface area contributed by atoms with Crippen LogP contribution in [0.4, 0.5) is 5.69 Å². The molecule has 0 saturated carbocycles. The fraction of sp³-hybridized carbons (Fsp3) is 0.467. The molecule has 0 heterocycles. The van der Waals surface area contributed by atoms with Gasteiger partial charge in [0.2, 0.25) is 0 Å². The van der Waals surface area contributed by atoms with E-state index in [9.17, 15) is 29.3 Å². The third kappa shape index (κ3) is 13.6. The Balaban J connectivity index is 0.000000414. The van der Waals surface area contributed by atoms with Crippen LogP contribution in [0, 0.1) is 10.1 Å². The summed E-state index contributed by atoms with van der Waals surface area (Å²) in [5.74, 6) is 2.09. The summed E-state index contributed by atoms with van der Waals surface area (Å²) in [5.41, 5.74) is 0.184. The first-order valence-corrected chi connectivity index (χ1v) is 13.4. The Bertz CT molecular complexity index is 1160. The Morgan fingerprint density at radius 3 is 1.73 bits per heavy atom. The summed E-state index contributed by atoms with van der Waals surface area (Å²) in [4.78, 5) is 53.4. The second-order valence-corrected chi connectivity index (χ2v) is 9.19. The van der Waals surface area contributed by atoms with E-state index in [0.717, 1.165) is 44.8 Å². The molecule has 2 aromatic rings. The number of carbonyl (C=O) groups excluding carboxylic acids is 4. The average Bonchev–Trinajstić information content (AvgIpc) is 2.96. The normalized spacial score (nSPS) is 10.0. The van der Waals surface area contributed by atoms with Crippen LogP contribution in [-0.4, -0.2) is 56.5 Å². The topological polar surface area (TPSA) is 148 Å². The van der Waals surface area contributed by atoms with Gasteiger partial charge in [0.05, 0.1) is 44.0 Å². The van der Waals surface area contributed by atoms with E-state index >= 15 is 0 Å². The van der Waals surface area contributed by atoms with Crippen molar-refractivity contribution in [2.45, 2.75) is 65.2 Å². The molecule has 0 N–H and O–H groups in total. The maximum atomic E-state index is 10.9. The van der Waals surface area contributed by atoms with Gasteiger partial charge in [-0.25, -0.2) is 0 Å². The van der Waals surface area contributed by atoms with Crippen LogP contribution < -0.4 is 18.9 Å². The SMILES string of the molecule is COc1cc(C=O)c([N+](=O)[O-])cc1OCCCCCC(C)=O.COc1cc(C=O)ccc1OCCCCCC(C)=O. The molecule has 0 atom stereocenters. The second-order valence-electron chi connectivity index (χ2n) is 9.19. The van der Waals surface area contributed by atoms with Crippen LogP contribution in [0.5, 0.6) is 23.0 Å². The van der Waals surface area contributed by atoms with Gasteiger partial charge in [0.25, 0.3) is 5.69 Å². The van der Waals surface area contributed by atoms with Crippen molar-refractivity contribution in [2.75, 3.05) is 27.4 Å². The minimum atomic E-state index is -0.636. The van der Waals surface area contributed by atoms with Crippen LogP contribution in [0.2, 0.25) is 0 Å². The van der Waals surface area contributed by atoms with Gasteiger partial charge in [0.1, 0.15) is 17.9 Å². The van der Waals surface area contributed by atoms with E-state index in [1.807, 2.05) is 0 Å². The fourth-order valence-corrected chi connectivity index (χ4v) is 3.64. The summed E-state index contributed by atoms with van der Waals surface area (Å²) in [6, 6.07) is 7.56. The highest BCUT2D eigenvalue weighted by Gasteiger charge is 2.19. The molecule has 11 nitrogen and oxygen atoms in total. The zero-order chi connectivity index (χ0) is 30.6. The van der Waals surface area contributed by atoms with Crippen LogP contribution in [-0.2, 0) is 9.59 Å². The predicted octanol–water partition coefficient (Wildman–Crippen LogP) is 5.98. The molecule has 0 spiro atoms. The van der Waals surface area contributed by atoms with E-state index in [0.29, 0.717) is 49.4 Å². The number of rotatable bonds is 19. The Morgan fingerprint density at radius 1 is 0.732 bits per heavy atom. The van der Waals surface area contributed by atoms with Gasteiger partial charge in [-0.3, -0.25) is 19.7 Å². The van der Waals surface area contributed by atoms with Gasteiger partial charge in [-0.2, -0.15) is 0 Å². The number of nitro benzene ring substituents is 1. The molecule has 2 aromatic carbocycles. The van der Waals surface area contributed by atoms with E-state index in [1.54, 1.807) is 39.2 Å². The van der Waals surface area contributed by atoms with Gasteiger partial charge >= 0.3 is 0 Å². The lowest BCUT2D eigenvalue weighted by Gasteiger charge is -2.11. The smallest absolute Gasteiger partial charge is 0.283 e.